The third-order valence-electron chi connectivity index (χ3n) is 7.10. The van der Waals surface area contributed by atoms with E-state index >= 15 is 0 Å². The van der Waals surface area contributed by atoms with Crippen molar-refractivity contribution < 1.29 is 8.78 Å². The number of halogens is 2. The summed E-state index contributed by atoms with van der Waals surface area (Å²) < 4.78 is 27.3. The van der Waals surface area contributed by atoms with E-state index in [1.54, 1.807) is 23.5 Å². The van der Waals surface area contributed by atoms with Gasteiger partial charge in [-0.2, -0.15) is 5.10 Å². The van der Waals surface area contributed by atoms with Crippen LogP contribution in [0.2, 0.25) is 0 Å². The normalized spacial score (nSPS) is 15.5. The fourth-order valence-electron chi connectivity index (χ4n) is 5.21. The highest BCUT2D eigenvalue weighted by molar-refractivity contribution is 5.95. The van der Waals surface area contributed by atoms with E-state index in [0.29, 0.717) is 35.8 Å². The van der Waals surface area contributed by atoms with Crippen molar-refractivity contribution >= 4 is 22.1 Å². The molecule has 0 aliphatic carbocycles. The lowest BCUT2D eigenvalue weighted by Crippen LogP contribution is -2.24. The average Bonchev–Trinajstić information content (AvgIpc) is 3.64. The van der Waals surface area contributed by atoms with Gasteiger partial charge in [0.15, 0.2) is 11.5 Å². The summed E-state index contributed by atoms with van der Waals surface area (Å²) in [6.45, 7) is 2.63. The second kappa shape index (κ2) is 9.02. The number of fused-ring (bicyclic) bond motifs is 2. The van der Waals surface area contributed by atoms with Crippen molar-refractivity contribution in [2.75, 3.05) is 13.1 Å². The largest absolute Gasteiger partial charge is 0.335 e. The molecule has 1 aliphatic heterocycles. The van der Waals surface area contributed by atoms with E-state index in [2.05, 4.69) is 44.2 Å². The summed E-state index contributed by atoms with van der Waals surface area (Å²) >= 11 is 0. The number of aromatic nitrogens is 7. The van der Waals surface area contributed by atoms with E-state index in [4.69, 9.17) is 9.97 Å². The Labute approximate surface area is 222 Å². The number of aromatic amines is 2. The van der Waals surface area contributed by atoms with Gasteiger partial charge in [-0.3, -0.25) is 20.0 Å². The predicted molar refractivity (Wildman–Crippen MR) is 145 cm³/mol. The van der Waals surface area contributed by atoms with Crippen molar-refractivity contribution in [1.29, 1.82) is 0 Å². The van der Waals surface area contributed by atoms with Gasteiger partial charge < -0.3 is 4.98 Å². The number of imidazole rings is 1. The highest BCUT2D eigenvalue weighted by atomic mass is 19.3. The second-order valence-corrected chi connectivity index (χ2v) is 10.1. The highest BCUT2D eigenvalue weighted by Gasteiger charge is 2.37. The predicted octanol–water partition coefficient (Wildman–Crippen LogP) is 5.77. The van der Waals surface area contributed by atoms with Crippen LogP contribution in [0, 0.1) is 6.92 Å². The summed E-state index contributed by atoms with van der Waals surface area (Å²) in [7, 11) is 0. The van der Waals surface area contributed by atoms with E-state index in [9.17, 15) is 8.78 Å². The van der Waals surface area contributed by atoms with E-state index in [1.807, 2.05) is 36.5 Å². The number of alkyl halides is 2. The molecule has 0 spiro atoms. The fourth-order valence-corrected chi connectivity index (χ4v) is 5.21. The number of rotatable bonds is 5. The standard InChI is InChI=1S/C29H24F2N8/c1-17-3-2-4-19(9-17)21-13-33-14-24-25(21)36-28(35-24)27-26-23(37-38-27)6-5-22(34-26)20-10-18(11-32-12-20)15-39-8-7-29(30,31)16-39/h2-6,9-14H,7-8,15-16H2,1H3,(H,35,36)(H,37,38). The lowest BCUT2D eigenvalue weighted by atomic mass is 10.0. The van der Waals surface area contributed by atoms with Gasteiger partial charge >= 0.3 is 0 Å². The summed E-state index contributed by atoms with van der Waals surface area (Å²) in [5.74, 6) is -2.03. The topological polar surface area (TPSA) is 99.3 Å². The zero-order valence-corrected chi connectivity index (χ0v) is 21.1. The van der Waals surface area contributed by atoms with Crippen LogP contribution in [0.3, 0.4) is 0 Å². The van der Waals surface area contributed by atoms with Gasteiger partial charge in [-0.1, -0.05) is 29.8 Å². The molecule has 10 heteroatoms. The molecule has 8 nitrogen and oxygen atoms in total. The van der Waals surface area contributed by atoms with Gasteiger partial charge in [0.25, 0.3) is 5.92 Å². The molecular weight excluding hydrogens is 498 g/mol. The first-order valence-electron chi connectivity index (χ1n) is 12.7. The number of benzene rings is 1. The summed E-state index contributed by atoms with van der Waals surface area (Å²) in [4.78, 5) is 23.7. The Kier molecular flexibility index (Phi) is 5.44. The van der Waals surface area contributed by atoms with Crippen LogP contribution in [-0.2, 0) is 6.54 Å². The number of nitrogens with zero attached hydrogens (tertiary/aromatic N) is 6. The molecule has 1 aromatic carbocycles. The number of hydrogen-bond donors (Lipinski definition) is 2. The molecule has 0 bridgehead atoms. The molecule has 0 atom stereocenters. The molecule has 0 radical (unpaired) electrons. The van der Waals surface area contributed by atoms with Crippen molar-refractivity contribution in [1.82, 2.24) is 40.0 Å². The molecule has 194 valence electrons. The highest BCUT2D eigenvalue weighted by Crippen LogP contribution is 2.32. The maximum Gasteiger partial charge on any atom is 0.261 e. The van der Waals surface area contributed by atoms with Gasteiger partial charge in [0.2, 0.25) is 0 Å². The minimum absolute atomic E-state index is 0.105. The van der Waals surface area contributed by atoms with Crippen LogP contribution >= 0.6 is 0 Å². The number of pyridine rings is 3. The fraction of sp³-hybridized carbons (Fsp3) is 0.207. The quantitative estimate of drug-likeness (QED) is 0.298. The van der Waals surface area contributed by atoms with Gasteiger partial charge in [-0.25, -0.2) is 18.7 Å². The summed E-state index contributed by atoms with van der Waals surface area (Å²) in [5.41, 5.74) is 9.18. The first-order valence-corrected chi connectivity index (χ1v) is 12.7. The van der Waals surface area contributed by atoms with E-state index in [1.165, 1.54) is 0 Å². The van der Waals surface area contributed by atoms with Crippen molar-refractivity contribution in [2.24, 2.45) is 0 Å². The first-order chi connectivity index (χ1) is 18.9. The number of hydrogen-bond acceptors (Lipinski definition) is 6. The molecule has 7 rings (SSSR count). The molecule has 6 heterocycles. The Hall–Kier alpha value is -4.57. The first kappa shape index (κ1) is 23.5. The Morgan fingerprint density at radius 3 is 2.67 bits per heavy atom. The van der Waals surface area contributed by atoms with Gasteiger partial charge in [-0.15, -0.1) is 0 Å². The summed E-state index contributed by atoms with van der Waals surface area (Å²) in [6.07, 6.45) is 6.93. The molecule has 0 saturated carbocycles. The van der Waals surface area contributed by atoms with Crippen LogP contribution < -0.4 is 0 Å². The van der Waals surface area contributed by atoms with Crippen LogP contribution in [-0.4, -0.2) is 59.0 Å². The van der Waals surface area contributed by atoms with Crippen LogP contribution in [0.25, 0.3) is 56.0 Å². The molecule has 39 heavy (non-hydrogen) atoms. The Balaban J connectivity index is 1.25. The second-order valence-electron chi connectivity index (χ2n) is 10.1. The van der Waals surface area contributed by atoms with Crippen molar-refractivity contribution in [3.63, 3.8) is 0 Å². The molecule has 1 aliphatic rings. The summed E-state index contributed by atoms with van der Waals surface area (Å²) in [5, 5.41) is 7.57. The van der Waals surface area contributed by atoms with Crippen LogP contribution in [0.15, 0.2) is 67.3 Å². The molecule has 1 fully saturated rings. The molecule has 1 saturated heterocycles. The average molecular weight is 523 g/mol. The van der Waals surface area contributed by atoms with Gasteiger partial charge in [0.05, 0.1) is 35.0 Å². The molecule has 2 N–H and O–H groups in total. The number of nitrogens with one attached hydrogen (secondary N) is 2. The third kappa shape index (κ3) is 4.42. The number of aryl methyl sites for hydroxylation is 1. The summed E-state index contributed by atoms with van der Waals surface area (Å²) in [6, 6.07) is 14.0. The minimum atomic E-state index is -2.62. The third-order valence-corrected chi connectivity index (χ3v) is 7.10. The lowest BCUT2D eigenvalue weighted by molar-refractivity contribution is 0.0115. The lowest BCUT2D eigenvalue weighted by Gasteiger charge is -2.15. The van der Waals surface area contributed by atoms with E-state index < -0.39 is 5.92 Å². The molecule has 5 aromatic heterocycles. The van der Waals surface area contributed by atoms with E-state index in [-0.39, 0.29) is 13.0 Å². The Bertz CT molecular complexity index is 1840. The SMILES string of the molecule is Cc1cccc(-c2cncc3[nH]c(-c4n[nH]c5ccc(-c6cncc(CN7CCC(F)(F)C7)c6)nc45)nc23)c1. The molecule has 0 amide bonds. The zero-order chi connectivity index (χ0) is 26.6. The van der Waals surface area contributed by atoms with Crippen LogP contribution in [0.5, 0.6) is 0 Å². The van der Waals surface area contributed by atoms with Crippen LogP contribution in [0.1, 0.15) is 17.5 Å². The van der Waals surface area contributed by atoms with Gasteiger partial charge in [-0.05, 0) is 36.2 Å². The maximum absolute atomic E-state index is 13.6. The Morgan fingerprint density at radius 2 is 1.82 bits per heavy atom. The maximum atomic E-state index is 13.6. The monoisotopic (exact) mass is 522 g/mol. The number of likely N-dealkylation sites (tertiary alicyclic amines) is 1. The molecule has 0 unspecified atom stereocenters. The minimum Gasteiger partial charge on any atom is -0.335 e. The number of H-pyrrole nitrogens is 2. The van der Waals surface area contributed by atoms with Gasteiger partial charge in [0, 0.05) is 49.2 Å². The molecule has 6 aromatic rings. The molecular formula is C29H24F2N8. The van der Waals surface area contributed by atoms with Crippen molar-refractivity contribution in [3.8, 4) is 33.9 Å². The van der Waals surface area contributed by atoms with Gasteiger partial charge in [0.1, 0.15) is 5.52 Å². The van der Waals surface area contributed by atoms with E-state index in [0.717, 1.165) is 44.4 Å². The zero-order valence-electron chi connectivity index (χ0n) is 21.1. The van der Waals surface area contributed by atoms with Crippen molar-refractivity contribution in [2.45, 2.75) is 25.8 Å². The Morgan fingerprint density at radius 1 is 0.923 bits per heavy atom. The van der Waals surface area contributed by atoms with Crippen LogP contribution in [0.4, 0.5) is 8.78 Å². The van der Waals surface area contributed by atoms with Crippen molar-refractivity contribution in [3.05, 3.63) is 78.4 Å². The smallest absolute Gasteiger partial charge is 0.261 e.